The highest BCUT2D eigenvalue weighted by Crippen LogP contribution is 2.26. The fraction of sp³-hybridized carbons (Fsp3) is 0.375. The summed E-state index contributed by atoms with van der Waals surface area (Å²) in [5.41, 5.74) is 0.947. The number of hydrogen-bond donors (Lipinski definition) is 2. The van der Waals surface area contributed by atoms with Crippen LogP contribution in [0.4, 0.5) is 19.3 Å². The van der Waals surface area contributed by atoms with Gasteiger partial charge >= 0.3 is 6.09 Å². The second-order valence-corrected chi connectivity index (χ2v) is 11.6. The van der Waals surface area contributed by atoms with Crippen molar-refractivity contribution in [2.45, 2.75) is 44.2 Å². The molecule has 3 aromatic rings. The van der Waals surface area contributed by atoms with Gasteiger partial charge in [0.25, 0.3) is 5.91 Å². The lowest BCUT2D eigenvalue weighted by Crippen LogP contribution is -2.42. The number of ether oxygens (including phenoxy) is 2. The molecule has 1 saturated heterocycles. The number of aliphatic hydroxyl groups excluding tert-OH is 1. The Morgan fingerprint density at radius 3 is 2.42 bits per heavy atom. The maximum atomic E-state index is 13.9. The van der Waals surface area contributed by atoms with Crippen molar-refractivity contribution in [3.8, 4) is 5.75 Å². The molecule has 1 fully saturated rings. The molecule has 1 aliphatic rings. The number of halogens is 2. The molecule has 2 N–H and O–H groups in total. The van der Waals surface area contributed by atoms with Crippen LogP contribution in [-0.2, 0) is 16.0 Å². The molecule has 0 saturated carbocycles. The van der Waals surface area contributed by atoms with Gasteiger partial charge in [-0.2, -0.15) is 0 Å². The molecule has 43 heavy (non-hydrogen) atoms. The van der Waals surface area contributed by atoms with Crippen LogP contribution in [0.3, 0.4) is 0 Å². The molecule has 0 aliphatic carbocycles. The van der Waals surface area contributed by atoms with Crippen LogP contribution in [0.2, 0.25) is 0 Å². The molecule has 2 atom stereocenters. The van der Waals surface area contributed by atoms with Crippen LogP contribution in [0.25, 0.3) is 0 Å². The standard InChI is InChI=1S/C19H18F2N2O3.C13H21NO2S/c1-12(9-13-5-3-2-4-6-13)22-18(24)17-11-23(19(25)26-17)16-8-7-14(20)10-15(16)21;1-11(2)10-14(8-9-15)17-13-6-4-12(16-3)5-7-13/h2-8,10,12,17H,9,11H2,1H3,(H,22,24);4-7,11,15H,8-10H2,1-3H3. The van der Waals surface area contributed by atoms with Crippen molar-refractivity contribution >= 4 is 29.6 Å². The monoisotopic (exact) mass is 615 g/mol. The van der Waals surface area contributed by atoms with Crippen LogP contribution < -0.4 is 15.0 Å². The van der Waals surface area contributed by atoms with Crippen LogP contribution >= 0.6 is 11.9 Å². The van der Waals surface area contributed by atoms with Crippen LogP contribution in [-0.4, -0.2) is 66.9 Å². The fourth-order valence-corrected chi connectivity index (χ4v) is 5.43. The number of rotatable bonds is 12. The van der Waals surface area contributed by atoms with E-state index < -0.39 is 29.7 Å². The third-order valence-electron chi connectivity index (χ3n) is 6.29. The number of nitrogens with zero attached hydrogens (tertiary/aromatic N) is 2. The number of cyclic esters (lactones) is 1. The van der Waals surface area contributed by atoms with Gasteiger partial charge in [-0.3, -0.25) is 9.69 Å². The van der Waals surface area contributed by atoms with Gasteiger partial charge in [-0.1, -0.05) is 44.2 Å². The minimum absolute atomic E-state index is 0.121. The Hall–Kier alpha value is -3.67. The molecule has 8 nitrogen and oxygen atoms in total. The summed E-state index contributed by atoms with van der Waals surface area (Å²) in [6, 6.07) is 20.3. The topological polar surface area (TPSA) is 91.3 Å². The molecule has 2 amide bonds. The minimum atomic E-state index is -1.05. The molecule has 0 bridgehead atoms. The number of aliphatic hydroxyl groups is 1. The molecular weight excluding hydrogens is 576 g/mol. The van der Waals surface area contributed by atoms with Crippen LogP contribution in [0.1, 0.15) is 26.3 Å². The maximum Gasteiger partial charge on any atom is 0.415 e. The maximum absolute atomic E-state index is 13.9. The van der Waals surface area contributed by atoms with Crippen LogP contribution in [0, 0.1) is 17.6 Å². The molecule has 3 aromatic carbocycles. The largest absolute Gasteiger partial charge is 0.497 e. The SMILES string of the molecule is CC(Cc1ccccc1)NC(=O)C1CN(c2ccc(F)cc2F)C(=O)O1.COc1ccc(SN(CCO)CC(C)C)cc1. The van der Waals surface area contributed by atoms with Crippen molar-refractivity contribution in [2.75, 3.05) is 38.3 Å². The zero-order chi connectivity index (χ0) is 31.4. The Morgan fingerprint density at radius 1 is 1.12 bits per heavy atom. The number of hydrogen-bond acceptors (Lipinski definition) is 7. The zero-order valence-electron chi connectivity index (χ0n) is 24.8. The Bertz CT molecular complexity index is 1310. The van der Waals surface area contributed by atoms with E-state index in [0.29, 0.717) is 24.9 Å². The molecule has 1 aliphatic heterocycles. The predicted octanol–water partition coefficient (Wildman–Crippen LogP) is 5.69. The number of carbonyl (C=O) groups is 2. The minimum Gasteiger partial charge on any atom is -0.497 e. The zero-order valence-corrected chi connectivity index (χ0v) is 25.7. The molecule has 11 heteroatoms. The molecule has 1 heterocycles. The fourth-order valence-electron chi connectivity index (χ4n) is 4.33. The molecule has 0 radical (unpaired) electrons. The van der Waals surface area contributed by atoms with E-state index in [9.17, 15) is 18.4 Å². The Kier molecular flexibility index (Phi) is 13.2. The number of methoxy groups -OCH3 is 1. The van der Waals surface area contributed by atoms with E-state index in [1.54, 1.807) is 19.1 Å². The van der Waals surface area contributed by atoms with E-state index in [4.69, 9.17) is 14.6 Å². The Labute approximate surface area is 256 Å². The van der Waals surface area contributed by atoms with E-state index in [1.165, 1.54) is 4.90 Å². The molecule has 0 spiro atoms. The first-order valence-electron chi connectivity index (χ1n) is 14.0. The molecule has 232 valence electrons. The third-order valence-corrected chi connectivity index (χ3v) is 7.36. The summed E-state index contributed by atoms with van der Waals surface area (Å²) in [5.74, 6) is -0.630. The van der Waals surface area contributed by atoms with Gasteiger partial charge < -0.3 is 19.9 Å². The van der Waals surface area contributed by atoms with Gasteiger partial charge in [-0.15, -0.1) is 0 Å². The van der Waals surface area contributed by atoms with Gasteiger partial charge in [0.15, 0.2) is 6.10 Å². The Morgan fingerprint density at radius 2 is 1.81 bits per heavy atom. The van der Waals surface area contributed by atoms with E-state index in [0.717, 1.165) is 34.9 Å². The van der Waals surface area contributed by atoms with Gasteiger partial charge in [0.2, 0.25) is 0 Å². The summed E-state index contributed by atoms with van der Waals surface area (Å²) in [7, 11) is 1.67. The van der Waals surface area contributed by atoms with Gasteiger partial charge in [0.1, 0.15) is 17.4 Å². The van der Waals surface area contributed by atoms with Gasteiger partial charge in [0.05, 0.1) is 25.9 Å². The second-order valence-electron chi connectivity index (χ2n) is 10.5. The Balaban J connectivity index is 0.000000259. The molecule has 2 unspecified atom stereocenters. The summed E-state index contributed by atoms with van der Waals surface area (Å²) < 4.78 is 39.2. The number of amides is 2. The highest BCUT2D eigenvalue weighted by molar-refractivity contribution is 7.97. The summed E-state index contributed by atoms with van der Waals surface area (Å²) in [6.45, 7) is 7.92. The number of benzene rings is 3. The second kappa shape index (κ2) is 16.8. The van der Waals surface area contributed by atoms with E-state index in [-0.39, 0.29) is 24.9 Å². The van der Waals surface area contributed by atoms with Crippen molar-refractivity contribution in [2.24, 2.45) is 5.92 Å². The molecule has 0 aromatic heterocycles. The molecule has 4 rings (SSSR count). The first-order chi connectivity index (χ1) is 20.6. The summed E-state index contributed by atoms with van der Waals surface area (Å²) >= 11 is 1.68. The van der Waals surface area contributed by atoms with E-state index in [2.05, 4.69) is 23.5 Å². The lowest BCUT2D eigenvalue weighted by Gasteiger charge is -2.22. The summed E-state index contributed by atoms with van der Waals surface area (Å²) in [6.07, 6.45) is -1.26. The quantitative estimate of drug-likeness (QED) is 0.253. The number of carbonyl (C=O) groups excluding carboxylic acids is 2. The van der Waals surface area contributed by atoms with Gasteiger partial charge in [0, 0.05) is 30.1 Å². The third kappa shape index (κ3) is 10.8. The van der Waals surface area contributed by atoms with Crippen molar-refractivity contribution in [1.29, 1.82) is 0 Å². The first-order valence-corrected chi connectivity index (χ1v) is 14.8. The molecular formula is C32H39F2N3O5S. The number of anilines is 1. The summed E-state index contributed by atoms with van der Waals surface area (Å²) in [4.78, 5) is 26.5. The van der Waals surface area contributed by atoms with Crippen molar-refractivity contribution in [1.82, 2.24) is 9.62 Å². The average molecular weight is 616 g/mol. The van der Waals surface area contributed by atoms with Crippen molar-refractivity contribution in [3.63, 3.8) is 0 Å². The van der Waals surface area contributed by atoms with E-state index in [1.807, 2.05) is 61.5 Å². The summed E-state index contributed by atoms with van der Waals surface area (Å²) in [5, 5.41) is 11.8. The normalized spacial score (nSPS) is 15.1. The number of nitrogens with one attached hydrogen (secondary N) is 1. The highest BCUT2D eigenvalue weighted by Gasteiger charge is 2.38. The highest BCUT2D eigenvalue weighted by atomic mass is 32.2. The lowest BCUT2D eigenvalue weighted by molar-refractivity contribution is -0.128. The first kappa shape index (κ1) is 33.8. The van der Waals surface area contributed by atoms with Crippen LogP contribution in [0.5, 0.6) is 5.75 Å². The van der Waals surface area contributed by atoms with Crippen molar-refractivity contribution < 1.29 is 33.0 Å². The lowest BCUT2D eigenvalue weighted by atomic mass is 10.1. The van der Waals surface area contributed by atoms with Gasteiger partial charge in [-0.25, -0.2) is 17.9 Å². The predicted molar refractivity (Wildman–Crippen MR) is 164 cm³/mol. The van der Waals surface area contributed by atoms with Gasteiger partial charge in [-0.05, 0) is 73.2 Å². The average Bonchev–Trinajstić information content (AvgIpc) is 3.35. The van der Waals surface area contributed by atoms with Crippen LogP contribution in [0.15, 0.2) is 77.7 Å². The van der Waals surface area contributed by atoms with E-state index >= 15 is 0 Å². The van der Waals surface area contributed by atoms with Crippen molar-refractivity contribution in [3.05, 3.63) is 90.0 Å². The smallest absolute Gasteiger partial charge is 0.415 e.